The zero-order chi connectivity index (χ0) is 37.1. The third kappa shape index (κ3) is 8.43. The number of nitrogens with one attached hydrogen (secondary N) is 3. The number of nitriles is 1. The smallest absolute Gasteiger partial charge is 0.253 e. The second kappa shape index (κ2) is 15.7. The van der Waals surface area contributed by atoms with Crippen molar-refractivity contribution in [3.63, 3.8) is 0 Å². The van der Waals surface area contributed by atoms with E-state index in [-0.39, 0.29) is 41.6 Å². The summed E-state index contributed by atoms with van der Waals surface area (Å²) in [7, 11) is 0. The molecule has 53 heavy (non-hydrogen) atoms. The number of hydrogen-bond acceptors (Lipinski definition) is 9. The van der Waals surface area contributed by atoms with Crippen LogP contribution in [-0.4, -0.2) is 104 Å². The third-order valence-electron chi connectivity index (χ3n) is 11.5. The van der Waals surface area contributed by atoms with Crippen molar-refractivity contribution in [1.82, 2.24) is 25.8 Å². The van der Waals surface area contributed by atoms with E-state index >= 15 is 0 Å². The first kappa shape index (κ1) is 36.6. The van der Waals surface area contributed by atoms with Gasteiger partial charge in [0.25, 0.3) is 5.91 Å². The van der Waals surface area contributed by atoms with E-state index in [1.807, 2.05) is 53.5 Å². The molecule has 0 bridgehead atoms. The summed E-state index contributed by atoms with van der Waals surface area (Å²) >= 11 is 6.36. The molecule has 3 atom stereocenters. The number of rotatable bonds is 8. The Bertz CT molecular complexity index is 1840. The molecule has 4 fully saturated rings. The summed E-state index contributed by atoms with van der Waals surface area (Å²) in [6, 6.07) is 15.7. The quantitative estimate of drug-likeness (QED) is 0.347. The van der Waals surface area contributed by atoms with Gasteiger partial charge in [-0.15, -0.1) is 0 Å². The number of halogens is 1. The maximum Gasteiger partial charge on any atom is 0.253 e. The fourth-order valence-electron chi connectivity index (χ4n) is 8.54. The highest BCUT2D eigenvalue weighted by atomic mass is 35.5. The second-order valence-electron chi connectivity index (χ2n) is 15.1. The average Bonchev–Trinajstić information content (AvgIpc) is 3.48. The van der Waals surface area contributed by atoms with Gasteiger partial charge in [-0.3, -0.25) is 34.7 Å². The van der Waals surface area contributed by atoms with Gasteiger partial charge in [0.2, 0.25) is 17.7 Å². The molecule has 0 aromatic heterocycles. The van der Waals surface area contributed by atoms with Crippen molar-refractivity contribution in [2.75, 3.05) is 62.2 Å². The molecule has 12 nitrogen and oxygen atoms in total. The number of carbonyl (C=O) groups excluding carboxylic acids is 4. The standard InChI is InChI=1S/C40H47ClN8O4/c1-27-23-40(26-49(27)33-10-7-29(24-42)34(41)22-33)13-15-47(16-14-40)32-8-5-28(6-9-32)39(53)48-19-17-46(18-20-48)25-37(51)44-31-4-2-3-30(21-31)43-35-11-12-36(50)45-38(35)52/h2,4-10,21-22,27,30,35,43H,3,11-20,23,25-26H2,1H3,(H,44,51)(H,45,50,52)/t27-,30?,35?/m0/s1. The van der Waals surface area contributed by atoms with Crippen LogP contribution in [0.1, 0.15) is 61.4 Å². The van der Waals surface area contributed by atoms with Crippen LogP contribution in [0.15, 0.2) is 66.4 Å². The summed E-state index contributed by atoms with van der Waals surface area (Å²) in [4.78, 5) is 58.7. The van der Waals surface area contributed by atoms with E-state index in [1.54, 1.807) is 0 Å². The first-order chi connectivity index (χ1) is 25.6. The summed E-state index contributed by atoms with van der Waals surface area (Å²) in [6.45, 7) is 7.72. The van der Waals surface area contributed by atoms with Crippen molar-refractivity contribution in [2.45, 2.75) is 63.6 Å². The molecule has 1 spiro atoms. The van der Waals surface area contributed by atoms with Crippen molar-refractivity contribution in [3.05, 3.63) is 82.5 Å². The Hall–Kier alpha value is -4.70. The van der Waals surface area contributed by atoms with E-state index in [2.05, 4.69) is 55.8 Å². The molecule has 1 aliphatic carbocycles. The number of anilines is 2. The number of amides is 4. The zero-order valence-electron chi connectivity index (χ0n) is 30.2. The number of nitrogens with zero attached hydrogens (tertiary/aromatic N) is 5. The first-order valence-corrected chi connectivity index (χ1v) is 19.1. The van der Waals surface area contributed by atoms with Crippen LogP contribution in [0.4, 0.5) is 11.4 Å². The maximum absolute atomic E-state index is 13.4. The summed E-state index contributed by atoms with van der Waals surface area (Å²) in [5.74, 6) is -0.676. The van der Waals surface area contributed by atoms with Crippen LogP contribution in [-0.2, 0) is 14.4 Å². The number of piperidine rings is 2. The number of imide groups is 1. The van der Waals surface area contributed by atoms with Crippen molar-refractivity contribution < 1.29 is 19.2 Å². The van der Waals surface area contributed by atoms with Gasteiger partial charge in [-0.05, 0) is 99.1 Å². The predicted octanol–water partition coefficient (Wildman–Crippen LogP) is 3.58. The molecule has 7 rings (SSSR count). The Kier molecular flexibility index (Phi) is 10.9. The molecule has 5 aliphatic rings. The van der Waals surface area contributed by atoms with Crippen molar-refractivity contribution >= 4 is 46.6 Å². The molecule has 0 radical (unpaired) electrons. The molecule has 4 amide bonds. The Balaban J connectivity index is 0.846. The highest BCUT2D eigenvalue weighted by Crippen LogP contribution is 2.46. The molecule has 3 N–H and O–H groups in total. The molecule has 4 aliphatic heterocycles. The van der Waals surface area contributed by atoms with Gasteiger partial charge in [0.05, 0.1) is 23.2 Å². The predicted molar refractivity (Wildman–Crippen MR) is 203 cm³/mol. The van der Waals surface area contributed by atoms with Crippen LogP contribution in [0.25, 0.3) is 0 Å². The molecule has 13 heteroatoms. The minimum absolute atomic E-state index is 0.00763. The second-order valence-corrected chi connectivity index (χ2v) is 15.6. The molecule has 278 valence electrons. The molecule has 4 saturated heterocycles. The normalized spacial score (nSPS) is 24.5. The zero-order valence-corrected chi connectivity index (χ0v) is 30.9. The third-order valence-corrected chi connectivity index (χ3v) is 11.8. The lowest BCUT2D eigenvalue weighted by Gasteiger charge is -2.40. The highest BCUT2D eigenvalue weighted by Gasteiger charge is 2.44. The Labute approximate surface area is 315 Å². The van der Waals surface area contributed by atoms with Gasteiger partial charge < -0.3 is 20.0 Å². The molecule has 2 aromatic carbocycles. The molecule has 2 aromatic rings. The van der Waals surface area contributed by atoms with Gasteiger partial charge in [0.1, 0.15) is 6.07 Å². The summed E-state index contributed by atoms with van der Waals surface area (Å²) in [5.41, 5.74) is 4.32. The minimum atomic E-state index is -0.436. The van der Waals surface area contributed by atoms with E-state index in [9.17, 15) is 24.4 Å². The van der Waals surface area contributed by atoms with E-state index in [0.29, 0.717) is 73.3 Å². The van der Waals surface area contributed by atoms with Gasteiger partial charge in [0, 0.05) is 87.0 Å². The van der Waals surface area contributed by atoms with Crippen molar-refractivity contribution in [3.8, 4) is 6.07 Å². The van der Waals surface area contributed by atoms with Crippen molar-refractivity contribution in [2.24, 2.45) is 5.41 Å². The van der Waals surface area contributed by atoms with Crippen LogP contribution < -0.4 is 25.8 Å². The lowest BCUT2D eigenvalue weighted by Crippen LogP contribution is -2.53. The van der Waals surface area contributed by atoms with Gasteiger partial charge in [-0.2, -0.15) is 5.26 Å². The number of benzene rings is 2. The Morgan fingerprint density at radius 1 is 1.02 bits per heavy atom. The maximum atomic E-state index is 13.4. The van der Waals surface area contributed by atoms with Gasteiger partial charge in [-0.25, -0.2) is 0 Å². The average molecular weight is 739 g/mol. The van der Waals surface area contributed by atoms with E-state index < -0.39 is 6.04 Å². The van der Waals surface area contributed by atoms with E-state index in [0.717, 1.165) is 50.3 Å². The van der Waals surface area contributed by atoms with E-state index in [1.165, 1.54) is 0 Å². The number of piperazine rings is 1. The lowest BCUT2D eigenvalue weighted by atomic mass is 9.76. The lowest BCUT2D eigenvalue weighted by molar-refractivity contribution is -0.134. The minimum Gasteiger partial charge on any atom is -0.371 e. The number of allylic oxidation sites excluding steroid dienone is 1. The number of carbonyl (C=O) groups is 4. The molecular weight excluding hydrogens is 692 g/mol. The van der Waals surface area contributed by atoms with Crippen LogP contribution in [0.2, 0.25) is 5.02 Å². The van der Waals surface area contributed by atoms with Crippen LogP contribution in [0.3, 0.4) is 0 Å². The molecule has 0 saturated carbocycles. The Morgan fingerprint density at radius 2 is 1.75 bits per heavy atom. The number of hydrogen-bond donors (Lipinski definition) is 3. The Morgan fingerprint density at radius 3 is 2.45 bits per heavy atom. The van der Waals surface area contributed by atoms with Gasteiger partial charge in [-0.1, -0.05) is 17.7 Å². The summed E-state index contributed by atoms with van der Waals surface area (Å²) in [6.07, 6.45) is 10.5. The van der Waals surface area contributed by atoms with E-state index in [4.69, 9.17) is 11.6 Å². The van der Waals surface area contributed by atoms with Gasteiger partial charge >= 0.3 is 0 Å². The monoisotopic (exact) mass is 738 g/mol. The van der Waals surface area contributed by atoms with Crippen molar-refractivity contribution in [1.29, 1.82) is 5.26 Å². The molecular formula is C40H47ClN8O4. The SMILES string of the molecule is C[C@H]1CC2(CCN(c3ccc(C(=O)N4CCN(CC(=O)NC5=CC(NC6CCC(=O)NC6=O)CC=C5)CC4)cc3)CC2)CN1c1ccc(C#N)c(Cl)c1. The largest absolute Gasteiger partial charge is 0.371 e. The first-order valence-electron chi connectivity index (χ1n) is 18.7. The van der Waals surface area contributed by atoms with Crippen LogP contribution in [0, 0.1) is 16.7 Å². The molecule has 4 heterocycles. The van der Waals surface area contributed by atoms with Crippen LogP contribution >= 0.6 is 11.6 Å². The molecule has 2 unspecified atom stereocenters. The fraction of sp³-hybridized carbons (Fsp3) is 0.475. The highest BCUT2D eigenvalue weighted by molar-refractivity contribution is 6.32. The topological polar surface area (TPSA) is 141 Å². The summed E-state index contributed by atoms with van der Waals surface area (Å²) < 4.78 is 0. The van der Waals surface area contributed by atoms with Gasteiger partial charge in [0.15, 0.2) is 0 Å². The van der Waals surface area contributed by atoms with Crippen LogP contribution in [0.5, 0.6) is 0 Å². The summed E-state index contributed by atoms with van der Waals surface area (Å²) in [5, 5.41) is 18.4. The fourth-order valence-corrected chi connectivity index (χ4v) is 8.76.